The van der Waals surface area contributed by atoms with E-state index in [-0.39, 0.29) is 5.91 Å². The molecule has 1 saturated carbocycles. The van der Waals surface area contributed by atoms with Crippen LogP contribution in [0.25, 0.3) is 0 Å². The van der Waals surface area contributed by atoms with Crippen molar-refractivity contribution in [1.82, 2.24) is 4.90 Å². The smallest absolute Gasteiger partial charge is 0.264 e. The molecule has 0 aromatic heterocycles. The molecule has 1 aliphatic heterocycles. The molecule has 2 aliphatic rings. The van der Waals surface area contributed by atoms with Gasteiger partial charge >= 0.3 is 0 Å². The van der Waals surface area contributed by atoms with Crippen molar-refractivity contribution in [3.05, 3.63) is 11.6 Å². The Morgan fingerprint density at radius 3 is 2.50 bits per heavy atom. The first kappa shape index (κ1) is 9.26. The standard InChI is InChI=1S/C11H14N2O/c12-8-10(7-9-3-4-9)11(14)13-5-1-2-6-13/h7,9H,1-6H2/b10-7+. The van der Waals surface area contributed by atoms with Crippen molar-refractivity contribution in [3.8, 4) is 6.07 Å². The van der Waals surface area contributed by atoms with Gasteiger partial charge in [0.2, 0.25) is 0 Å². The summed E-state index contributed by atoms with van der Waals surface area (Å²) in [5.74, 6) is 0.438. The number of likely N-dealkylation sites (tertiary alicyclic amines) is 1. The molecule has 2 fully saturated rings. The third-order valence-electron chi connectivity index (χ3n) is 2.77. The molecule has 1 heterocycles. The molecule has 3 heteroatoms. The van der Waals surface area contributed by atoms with Crippen LogP contribution in [0.5, 0.6) is 0 Å². The van der Waals surface area contributed by atoms with Crippen LogP contribution in [0.2, 0.25) is 0 Å². The van der Waals surface area contributed by atoms with E-state index < -0.39 is 0 Å². The molecule has 0 unspecified atom stereocenters. The maximum absolute atomic E-state index is 11.8. The molecule has 0 aromatic rings. The Hall–Kier alpha value is -1.30. The average Bonchev–Trinajstić information content (AvgIpc) is 2.84. The fourth-order valence-corrected chi connectivity index (χ4v) is 1.75. The first-order chi connectivity index (χ1) is 6.81. The predicted octanol–water partition coefficient (Wildman–Crippen LogP) is 1.47. The van der Waals surface area contributed by atoms with Crippen LogP contribution in [-0.2, 0) is 4.79 Å². The number of allylic oxidation sites excluding steroid dienone is 1. The van der Waals surface area contributed by atoms with Gasteiger partial charge in [-0.2, -0.15) is 5.26 Å². The molecule has 2 rings (SSSR count). The number of carbonyl (C=O) groups excluding carboxylic acids is 1. The zero-order valence-corrected chi connectivity index (χ0v) is 8.20. The fourth-order valence-electron chi connectivity index (χ4n) is 1.75. The molecule has 0 aromatic carbocycles. The van der Waals surface area contributed by atoms with Gasteiger partial charge in [-0.1, -0.05) is 6.08 Å². The molecule has 0 atom stereocenters. The van der Waals surface area contributed by atoms with Crippen molar-refractivity contribution >= 4 is 5.91 Å². The van der Waals surface area contributed by atoms with Crippen molar-refractivity contribution in [2.75, 3.05) is 13.1 Å². The molecule has 0 bridgehead atoms. The summed E-state index contributed by atoms with van der Waals surface area (Å²) in [6, 6.07) is 2.02. The lowest BCUT2D eigenvalue weighted by Crippen LogP contribution is -2.28. The van der Waals surface area contributed by atoms with Gasteiger partial charge in [0.15, 0.2) is 0 Å². The normalized spacial score (nSPS) is 22.2. The van der Waals surface area contributed by atoms with Crippen molar-refractivity contribution in [3.63, 3.8) is 0 Å². The number of amides is 1. The summed E-state index contributed by atoms with van der Waals surface area (Å²) in [6.45, 7) is 1.64. The molecule has 0 radical (unpaired) electrons. The Kier molecular flexibility index (Phi) is 2.53. The number of hydrogen-bond donors (Lipinski definition) is 0. The highest BCUT2D eigenvalue weighted by molar-refractivity contribution is 5.97. The van der Waals surface area contributed by atoms with Gasteiger partial charge in [0, 0.05) is 13.1 Å². The number of rotatable bonds is 2. The van der Waals surface area contributed by atoms with E-state index in [0.29, 0.717) is 11.5 Å². The summed E-state index contributed by atoms with van der Waals surface area (Å²) in [6.07, 6.45) is 6.28. The van der Waals surface area contributed by atoms with Crippen molar-refractivity contribution in [2.24, 2.45) is 5.92 Å². The number of nitrogens with zero attached hydrogens (tertiary/aromatic N) is 2. The van der Waals surface area contributed by atoms with E-state index in [1.165, 1.54) is 0 Å². The van der Waals surface area contributed by atoms with Gasteiger partial charge in [0.25, 0.3) is 5.91 Å². The second-order valence-electron chi connectivity index (χ2n) is 4.03. The number of nitriles is 1. The average molecular weight is 190 g/mol. The van der Waals surface area contributed by atoms with Crippen LogP contribution in [0, 0.1) is 17.2 Å². The van der Waals surface area contributed by atoms with E-state index >= 15 is 0 Å². The second kappa shape index (κ2) is 3.83. The van der Waals surface area contributed by atoms with Crippen molar-refractivity contribution in [1.29, 1.82) is 5.26 Å². The SMILES string of the molecule is N#C/C(=C\C1CC1)C(=O)N1CCCC1. The van der Waals surface area contributed by atoms with Gasteiger partial charge in [0.05, 0.1) is 0 Å². The van der Waals surface area contributed by atoms with E-state index in [1.807, 2.05) is 12.1 Å². The van der Waals surface area contributed by atoms with Crippen LogP contribution >= 0.6 is 0 Å². The van der Waals surface area contributed by atoms with Crippen molar-refractivity contribution < 1.29 is 4.79 Å². The number of carbonyl (C=O) groups is 1. The topological polar surface area (TPSA) is 44.1 Å². The Morgan fingerprint density at radius 2 is 2.00 bits per heavy atom. The molecule has 1 aliphatic carbocycles. The zero-order valence-electron chi connectivity index (χ0n) is 8.20. The van der Waals surface area contributed by atoms with E-state index in [9.17, 15) is 4.79 Å². The van der Waals surface area contributed by atoms with Crippen LogP contribution in [0.1, 0.15) is 25.7 Å². The minimum absolute atomic E-state index is 0.0584. The maximum atomic E-state index is 11.8. The minimum atomic E-state index is -0.0584. The molecule has 3 nitrogen and oxygen atoms in total. The Balaban J connectivity index is 2.03. The monoisotopic (exact) mass is 190 g/mol. The van der Waals surface area contributed by atoms with E-state index in [0.717, 1.165) is 38.8 Å². The van der Waals surface area contributed by atoms with Gasteiger partial charge in [0.1, 0.15) is 11.6 Å². The Labute approximate surface area is 84.0 Å². The third kappa shape index (κ3) is 1.95. The summed E-state index contributed by atoms with van der Waals surface area (Å²) in [7, 11) is 0. The van der Waals surface area contributed by atoms with Gasteiger partial charge in [-0.05, 0) is 31.6 Å². The highest BCUT2D eigenvalue weighted by atomic mass is 16.2. The summed E-state index contributed by atoms with van der Waals surface area (Å²) < 4.78 is 0. The molecular weight excluding hydrogens is 176 g/mol. The van der Waals surface area contributed by atoms with Crippen LogP contribution in [0.4, 0.5) is 0 Å². The van der Waals surface area contributed by atoms with E-state index in [2.05, 4.69) is 0 Å². The quantitative estimate of drug-likeness (QED) is 0.489. The summed E-state index contributed by atoms with van der Waals surface area (Å²) in [5.41, 5.74) is 0.356. The number of hydrogen-bond acceptors (Lipinski definition) is 2. The highest BCUT2D eigenvalue weighted by Gasteiger charge is 2.25. The predicted molar refractivity (Wildman–Crippen MR) is 52.2 cm³/mol. The molecule has 0 spiro atoms. The first-order valence-electron chi connectivity index (χ1n) is 5.22. The van der Waals surface area contributed by atoms with E-state index in [1.54, 1.807) is 4.90 Å². The Bertz CT molecular complexity index is 304. The van der Waals surface area contributed by atoms with Crippen LogP contribution in [0.3, 0.4) is 0 Å². The minimum Gasteiger partial charge on any atom is -0.338 e. The lowest BCUT2D eigenvalue weighted by molar-refractivity contribution is -0.125. The summed E-state index contributed by atoms with van der Waals surface area (Å²) >= 11 is 0. The molecule has 1 amide bonds. The largest absolute Gasteiger partial charge is 0.338 e. The highest BCUT2D eigenvalue weighted by Crippen LogP contribution is 2.31. The van der Waals surface area contributed by atoms with Gasteiger partial charge in [-0.25, -0.2) is 0 Å². The zero-order chi connectivity index (χ0) is 9.97. The molecule has 74 valence electrons. The Morgan fingerprint density at radius 1 is 1.36 bits per heavy atom. The molecular formula is C11H14N2O. The molecule has 14 heavy (non-hydrogen) atoms. The van der Waals surface area contributed by atoms with Gasteiger partial charge in [-0.3, -0.25) is 4.79 Å². The third-order valence-corrected chi connectivity index (χ3v) is 2.77. The molecule has 0 N–H and O–H groups in total. The van der Waals surface area contributed by atoms with E-state index in [4.69, 9.17) is 5.26 Å². The van der Waals surface area contributed by atoms with Gasteiger partial charge in [-0.15, -0.1) is 0 Å². The van der Waals surface area contributed by atoms with Crippen LogP contribution < -0.4 is 0 Å². The van der Waals surface area contributed by atoms with Crippen LogP contribution in [0.15, 0.2) is 11.6 Å². The van der Waals surface area contributed by atoms with Gasteiger partial charge < -0.3 is 4.90 Å². The lowest BCUT2D eigenvalue weighted by Gasteiger charge is -2.13. The van der Waals surface area contributed by atoms with Crippen LogP contribution in [-0.4, -0.2) is 23.9 Å². The second-order valence-corrected chi connectivity index (χ2v) is 4.03. The maximum Gasteiger partial charge on any atom is 0.264 e. The lowest BCUT2D eigenvalue weighted by atomic mass is 10.2. The first-order valence-corrected chi connectivity index (χ1v) is 5.22. The van der Waals surface area contributed by atoms with Crippen molar-refractivity contribution in [2.45, 2.75) is 25.7 Å². The summed E-state index contributed by atoms with van der Waals surface area (Å²) in [5, 5.41) is 8.87. The summed E-state index contributed by atoms with van der Waals surface area (Å²) in [4.78, 5) is 13.6. The molecule has 1 saturated heterocycles. The fraction of sp³-hybridized carbons (Fsp3) is 0.636.